The third-order valence-electron chi connectivity index (χ3n) is 2.10. The van der Waals surface area contributed by atoms with Gasteiger partial charge in [-0.25, -0.2) is 0 Å². The Bertz CT molecular complexity index is 235. The molecule has 0 aliphatic heterocycles. The predicted molar refractivity (Wildman–Crippen MR) is 63.6 cm³/mol. The highest BCUT2D eigenvalue weighted by atomic mass is 32.2. The molecule has 0 bridgehead atoms. The number of rotatable bonds is 6. The Morgan fingerprint density at radius 3 is 2.64 bits per heavy atom. The first-order valence-electron chi connectivity index (χ1n) is 5.15. The van der Waals surface area contributed by atoms with Crippen LogP contribution in [0.4, 0.5) is 0 Å². The summed E-state index contributed by atoms with van der Waals surface area (Å²) in [6.07, 6.45) is 2.17. The van der Waals surface area contributed by atoms with E-state index in [1.807, 2.05) is 42.1 Å². The lowest BCUT2D eigenvalue weighted by Gasteiger charge is -2.09. The minimum absolute atomic E-state index is 0.307. The van der Waals surface area contributed by atoms with Gasteiger partial charge in [-0.15, -0.1) is 0 Å². The monoisotopic (exact) mass is 210 g/mol. The predicted octanol–water partition coefficient (Wildman–Crippen LogP) is 3.25. The second-order valence-corrected chi connectivity index (χ2v) is 4.50. The van der Waals surface area contributed by atoms with Crippen LogP contribution in [0.5, 0.6) is 0 Å². The van der Waals surface area contributed by atoms with E-state index in [-0.39, 0.29) is 6.10 Å². The van der Waals surface area contributed by atoms with Crippen LogP contribution in [0, 0.1) is 0 Å². The third-order valence-corrected chi connectivity index (χ3v) is 3.23. The van der Waals surface area contributed by atoms with Crippen LogP contribution in [0.15, 0.2) is 30.3 Å². The van der Waals surface area contributed by atoms with Gasteiger partial charge in [-0.1, -0.05) is 43.7 Å². The summed E-state index contributed by atoms with van der Waals surface area (Å²) in [5, 5.41) is 9.80. The Morgan fingerprint density at radius 2 is 2.00 bits per heavy atom. The fourth-order valence-corrected chi connectivity index (χ4v) is 2.29. The van der Waals surface area contributed by atoms with E-state index in [9.17, 15) is 5.11 Å². The van der Waals surface area contributed by atoms with E-state index in [1.165, 1.54) is 12.8 Å². The first kappa shape index (κ1) is 11.6. The average Bonchev–Trinajstić information content (AvgIpc) is 2.25. The van der Waals surface area contributed by atoms with Crippen LogP contribution in [0.25, 0.3) is 0 Å². The SMILES string of the molecule is CCCCSCC(O)c1ccccc1. The Kier molecular flexibility index (Phi) is 5.72. The van der Waals surface area contributed by atoms with Crippen molar-refractivity contribution in [2.75, 3.05) is 11.5 Å². The van der Waals surface area contributed by atoms with Crippen LogP contribution < -0.4 is 0 Å². The molecule has 1 nitrogen and oxygen atoms in total. The molecular weight excluding hydrogens is 192 g/mol. The largest absolute Gasteiger partial charge is 0.388 e. The van der Waals surface area contributed by atoms with Crippen molar-refractivity contribution in [3.05, 3.63) is 35.9 Å². The second kappa shape index (κ2) is 6.91. The lowest BCUT2D eigenvalue weighted by atomic mass is 10.1. The molecule has 1 aromatic carbocycles. The molecule has 0 radical (unpaired) electrons. The summed E-state index contributed by atoms with van der Waals surface area (Å²) in [5.41, 5.74) is 1.02. The van der Waals surface area contributed by atoms with Crippen LogP contribution in [-0.4, -0.2) is 16.6 Å². The van der Waals surface area contributed by atoms with Gasteiger partial charge < -0.3 is 5.11 Å². The zero-order valence-corrected chi connectivity index (χ0v) is 9.46. The number of hydrogen-bond acceptors (Lipinski definition) is 2. The molecule has 0 heterocycles. The van der Waals surface area contributed by atoms with Crippen LogP contribution >= 0.6 is 11.8 Å². The summed E-state index contributed by atoms with van der Waals surface area (Å²) in [6, 6.07) is 9.86. The van der Waals surface area contributed by atoms with Crippen molar-refractivity contribution < 1.29 is 5.11 Å². The van der Waals surface area contributed by atoms with Gasteiger partial charge in [0.15, 0.2) is 0 Å². The highest BCUT2D eigenvalue weighted by Gasteiger charge is 2.05. The summed E-state index contributed by atoms with van der Waals surface area (Å²) in [4.78, 5) is 0. The van der Waals surface area contributed by atoms with Crippen LogP contribution in [-0.2, 0) is 0 Å². The molecule has 0 aliphatic rings. The van der Waals surface area contributed by atoms with Crippen molar-refractivity contribution in [2.24, 2.45) is 0 Å². The maximum absolute atomic E-state index is 9.80. The first-order chi connectivity index (χ1) is 6.84. The van der Waals surface area contributed by atoms with E-state index >= 15 is 0 Å². The highest BCUT2D eigenvalue weighted by molar-refractivity contribution is 7.99. The van der Waals surface area contributed by atoms with Crippen molar-refractivity contribution in [1.29, 1.82) is 0 Å². The number of aliphatic hydroxyl groups is 1. The number of hydrogen-bond donors (Lipinski definition) is 1. The lowest BCUT2D eigenvalue weighted by Crippen LogP contribution is -2.00. The number of aliphatic hydroxyl groups excluding tert-OH is 1. The molecule has 0 saturated heterocycles. The third kappa shape index (κ3) is 4.16. The molecule has 0 aliphatic carbocycles. The molecule has 0 amide bonds. The standard InChI is InChI=1S/C12H18OS/c1-2-3-9-14-10-12(13)11-7-5-4-6-8-11/h4-8,12-13H,2-3,9-10H2,1H3. The number of thioether (sulfide) groups is 1. The topological polar surface area (TPSA) is 20.2 Å². The molecule has 0 fully saturated rings. The van der Waals surface area contributed by atoms with Gasteiger partial charge in [-0.05, 0) is 17.7 Å². The molecule has 1 rings (SSSR count). The zero-order chi connectivity index (χ0) is 10.2. The van der Waals surface area contributed by atoms with Gasteiger partial charge in [0.05, 0.1) is 6.10 Å². The maximum atomic E-state index is 9.80. The van der Waals surface area contributed by atoms with E-state index in [0.717, 1.165) is 17.1 Å². The van der Waals surface area contributed by atoms with Gasteiger partial charge in [-0.2, -0.15) is 11.8 Å². The van der Waals surface area contributed by atoms with Gasteiger partial charge in [0.1, 0.15) is 0 Å². The van der Waals surface area contributed by atoms with Crippen molar-refractivity contribution in [3.63, 3.8) is 0 Å². The zero-order valence-electron chi connectivity index (χ0n) is 8.65. The fourth-order valence-electron chi connectivity index (χ4n) is 1.21. The molecule has 0 aromatic heterocycles. The lowest BCUT2D eigenvalue weighted by molar-refractivity contribution is 0.204. The summed E-state index contributed by atoms with van der Waals surface area (Å²) in [5.74, 6) is 1.96. The molecule has 1 atom stereocenters. The van der Waals surface area contributed by atoms with E-state index in [4.69, 9.17) is 0 Å². The van der Waals surface area contributed by atoms with Crippen LogP contribution in [0.2, 0.25) is 0 Å². The van der Waals surface area contributed by atoms with E-state index in [1.54, 1.807) is 0 Å². The molecule has 0 spiro atoms. The normalized spacial score (nSPS) is 12.7. The fraction of sp³-hybridized carbons (Fsp3) is 0.500. The van der Waals surface area contributed by atoms with Gasteiger partial charge in [0.25, 0.3) is 0 Å². The van der Waals surface area contributed by atoms with Gasteiger partial charge in [0.2, 0.25) is 0 Å². The molecule has 1 unspecified atom stereocenters. The van der Waals surface area contributed by atoms with E-state index in [0.29, 0.717) is 0 Å². The molecule has 78 valence electrons. The van der Waals surface area contributed by atoms with Gasteiger partial charge in [-0.3, -0.25) is 0 Å². The van der Waals surface area contributed by atoms with E-state index < -0.39 is 0 Å². The Morgan fingerprint density at radius 1 is 1.29 bits per heavy atom. The Balaban J connectivity index is 2.25. The molecule has 0 saturated carbocycles. The molecule has 1 aromatic rings. The van der Waals surface area contributed by atoms with Crippen molar-refractivity contribution >= 4 is 11.8 Å². The van der Waals surface area contributed by atoms with Gasteiger partial charge >= 0.3 is 0 Å². The van der Waals surface area contributed by atoms with Crippen molar-refractivity contribution in [3.8, 4) is 0 Å². The molecule has 1 N–H and O–H groups in total. The second-order valence-electron chi connectivity index (χ2n) is 3.35. The summed E-state index contributed by atoms with van der Waals surface area (Å²) >= 11 is 1.83. The van der Waals surface area contributed by atoms with Crippen LogP contribution in [0.3, 0.4) is 0 Å². The average molecular weight is 210 g/mol. The molecule has 14 heavy (non-hydrogen) atoms. The van der Waals surface area contributed by atoms with Gasteiger partial charge in [0, 0.05) is 5.75 Å². The molecule has 2 heteroatoms. The Labute approximate surface area is 90.5 Å². The summed E-state index contributed by atoms with van der Waals surface area (Å²) in [6.45, 7) is 2.19. The Hall–Kier alpha value is -0.470. The summed E-state index contributed by atoms with van der Waals surface area (Å²) < 4.78 is 0. The highest BCUT2D eigenvalue weighted by Crippen LogP contribution is 2.18. The number of unbranched alkanes of at least 4 members (excludes halogenated alkanes) is 1. The minimum atomic E-state index is -0.307. The van der Waals surface area contributed by atoms with Crippen LogP contribution in [0.1, 0.15) is 31.4 Å². The minimum Gasteiger partial charge on any atom is -0.388 e. The summed E-state index contributed by atoms with van der Waals surface area (Å²) in [7, 11) is 0. The first-order valence-corrected chi connectivity index (χ1v) is 6.30. The maximum Gasteiger partial charge on any atom is 0.0880 e. The molecular formula is C12H18OS. The van der Waals surface area contributed by atoms with Crippen molar-refractivity contribution in [2.45, 2.75) is 25.9 Å². The van der Waals surface area contributed by atoms with Crippen molar-refractivity contribution in [1.82, 2.24) is 0 Å². The smallest absolute Gasteiger partial charge is 0.0880 e. The van der Waals surface area contributed by atoms with E-state index in [2.05, 4.69) is 6.92 Å². The number of benzene rings is 1. The quantitative estimate of drug-likeness (QED) is 0.727.